The van der Waals surface area contributed by atoms with Gasteiger partial charge in [-0.1, -0.05) is 13.8 Å². The highest BCUT2D eigenvalue weighted by atomic mass is 79.9. The van der Waals surface area contributed by atoms with Crippen molar-refractivity contribution in [2.24, 2.45) is 0 Å². The molecule has 0 fully saturated rings. The fraction of sp³-hybridized carbons (Fsp3) is 0.500. The van der Waals surface area contributed by atoms with E-state index in [4.69, 9.17) is 4.42 Å². The van der Waals surface area contributed by atoms with Crippen LogP contribution in [0, 0.1) is 0 Å². The number of halogens is 1. The van der Waals surface area contributed by atoms with Crippen LogP contribution in [0.5, 0.6) is 0 Å². The lowest BCUT2D eigenvalue weighted by Gasteiger charge is -2.21. The number of carbonyl (C=O) groups is 1. The van der Waals surface area contributed by atoms with Gasteiger partial charge in [-0.25, -0.2) is 14.3 Å². The van der Waals surface area contributed by atoms with Gasteiger partial charge in [0.2, 0.25) is 5.91 Å². The summed E-state index contributed by atoms with van der Waals surface area (Å²) in [6.45, 7) is 5.38. The predicted molar refractivity (Wildman–Crippen MR) is 83.1 cm³/mol. The number of hydrogen-bond acceptors (Lipinski definition) is 4. The van der Waals surface area contributed by atoms with E-state index in [1.165, 1.54) is 4.57 Å². The Hall–Kier alpha value is -1.63. The molecule has 2 heterocycles. The average molecular weight is 356 g/mol. The molecule has 1 amide bonds. The van der Waals surface area contributed by atoms with Gasteiger partial charge >= 0.3 is 5.76 Å². The van der Waals surface area contributed by atoms with Crippen molar-refractivity contribution in [3.8, 4) is 0 Å². The lowest BCUT2D eigenvalue weighted by atomic mass is 10.3. The maximum Gasteiger partial charge on any atom is 0.421 e. The van der Waals surface area contributed by atoms with Crippen molar-refractivity contribution in [3.63, 3.8) is 0 Å². The first-order valence-electron chi connectivity index (χ1n) is 6.99. The molecule has 0 atom stereocenters. The summed E-state index contributed by atoms with van der Waals surface area (Å²) in [7, 11) is 0. The van der Waals surface area contributed by atoms with E-state index in [0.717, 1.165) is 17.3 Å². The molecule has 0 saturated heterocycles. The number of pyridine rings is 1. The van der Waals surface area contributed by atoms with Crippen LogP contribution in [0.1, 0.15) is 26.7 Å². The second-order valence-corrected chi connectivity index (χ2v) is 5.73. The fourth-order valence-electron chi connectivity index (χ4n) is 2.20. The Morgan fingerprint density at radius 3 is 2.67 bits per heavy atom. The molecule has 0 bridgehead atoms. The van der Waals surface area contributed by atoms with E-state index in [-0.39, 0.29) is 12.5 Å². The van der Waals surface area contributed by atoms with Crippen LogP contribution in [0.2, 0.25) is 0 Å². The number of aromatic nitrogens is 2. The zero-order chi connectivity index (χ0) is 15.4. The van der Waals surface area contributed by atoms with Crippen LogP contribution < -0.4 is 5.76 Å². The molecule has 0 spiro atoms. The molecule has 0 radical (unpaired) electrons. The zero-order valence-corrected chi connectivity index (χ0v) is 13.7. The third kappa shape index (κ3) is 3.53. The van der Waals surface area contributed by atoms with Crippen molar-refractivity contribution in [3.05, 3.63) is 27.3 Å². The fourth-order valence-corrected chi connectivity index (χ4v) is 2.51. The molecule has 0 aliphatic carbocycles. The highest BCUT2D eigenvalue weighted by Gasteiger charge is 2.17. The summed E-state index contributed by atoms with van der Waals surface area (Å²) in [6.07, 6.45) is 3.35. The van der Waals surface area contributed by atoms with E-state index < -0.39 is 5.76 Å². The van der Waals surface area contributed by atoms with Crippen LogP contribution in [0.25, 0.3) is 11.2 Å². The Kier molecular flexibility index (Phi) is 5.17. The van der Waals surface area contributed by atoms with Crippen molar-refractivity contribution in [2.75, 3.05) is 13.1 Å². The van der Waals surface area contributed by atoms with Crippen LogP contribution >= 0.6 is 15.9 Å². The van der Waals surface area contributed by atoms with Gasteiger partial charge < -0.3 is 9.32 Å². The van der Waals surface area contributed by atoms with Crippen LogP contribution in [0.3, 0.4) is 0 Å². The lowest BCUT2D eigenvalue weighted by molar-refractivity contribution is -0.132. The van der Waals surface area contributed by atoms with Crippen molar-refractivity contribution >= 4 is 33.1 Å². The minimum atomic E-state index is -0.558. The lowest BCUT2D eigenvalue weighted by Crippen LogP contribution is -2.36. The molecule has 0 saturated carbocycles. The first kappa shape index (κ1) is 15.8. The third-order valence-corrected chi connectivity index (χ3v) is 3.54. The molecule has 2 aromatic heterocycles. The van der Waals surface area contributed by atoms with Crippen LogP contribution in [0.4, 0.5) is 0 Å². The summed E-state index contributed by atoms with van der Waals surface area (Å²) in [5, 5.41) is 0. The smallest absolute Gasteiger partial charge is 0.406 e. The molecule has 114 valence electrons. The minimum absolute atomic E-state index is 0.0412. The number of oxazole rings is 1. The molecule has 0 N–H and O–H groups in total. The second kappa shape index (κ2) is 6.89. The maximum atomic E-state index is 12.3. The van der Waals surface area contributed by atoms with Gasteiger partial charge in [0.25, 0.3) is 0 Å². The molecule has 6 nitrogen and oxygen atoms in total. The first-order valence-corrected chi connectivity index (χ1v) is 7.78. The van der Waals surface area contributed by atoms with Crippen molar-refractivity contribution in [1.29, 1.82) is 0 Å². The third-order valence-electron chi connectivity index (χ3n) is 3.11. The summed E-state index contributed by atoms with van der Waals surface area (Å²) >= 11 is 3.27. The Balaban J connectivity index is 2.28. The molecule has 0 aliphatic heterocycles. The van der Waals surface area contributed by atoms with Gasteiger partial charge in [0, 0.05) is 29.8 Å². The van der Waals surface area contributed by atoms with Gasteiger partial charge in [-0.2, -0.15) is 0 Å². The van der Waals surface area contributed by atoms with E-state index in [1.54, 1.807) is 17.2 Å². The summed E-state index contributed by atoms with van der Waals surface area (Å²) in [5.41, 5.74) is 0.768. The Labute approximate surface area is 130 Å². The zero-order valence-electron chi connectivity index (χ0n) is 12.1. The Morgan fingerprint density at radius 1 is 1.38 bits per heavy atom. The van der Waals surface area contributed by atoms with Crippen LogP contribution in [-0.2, 0) is 11.3 Å². The molecule has 2 aromatic rings. The summed E-state index contributed by atoms with van der Waals surface area (Å²) in [4.78, 5) is 30.2. The average Bonchev–Trinajstić information content (AvgIpc) is 2.74. The number of rotatable bonds is 6. The molecular formula is C14H18BrN3O3. The standard InChI is InChI=1S/C14H18BrN3O3/c1-3-5-17(6-4-2)12(19)9-18-13-11(21-14(18)20)7-10(15)8-16-13/h7-8H,3-6,9H2,1-2H3. The molecular weight excluding hydrogens is 338 g/mol. The molecule has 0 unspecified atom stereocenters. The van der Waals surface area contributed by atoms with Gasteiger partial charge in [-0.15, -0.1) is 0 Å². The molecule has 21 heavy (non-hydrogen) atoms. The van der Waals surface area contributed by atoms with E-state index in [1.807, 2.05) is 13.8 Å². The molecule has 0 aromatic carbocycles. The Morgan fingerprint density at radius 2 is 2.05 bits per heavy atom. The number of hydrogen-bond donors (Lipinski definition) is 0. The van der Waals surface area contributed by atoms with Crippen molar-refractivity contribution in [1.82, 2.24) is 14.5 Å². The second-order valence-electron chi connectivity index (χ2n) is 4.81. The molecule has 0 aliphatic rings. The summed E-state index contributed by atoms with van der Waals surface area (Å²) in [6, 6.07) is 1.67. The topological polar surface area (TPSA) is 68.3 Å². The van der Waals surface area contributed by atoms with Crippen LogP contribution in [-0.4, -0.2) is 33.4 Å². The summed E-state index contributed by atoms with van der Waals surface area (Å²) < 4.78 is 7.13. The molecule has 7 heteroatoms. The van der Waals surface area contributed by atoms with Gasteiger partial charge in [-0.3, -0.25) is 4.79 Å². The van der Waals surface area contributed by atoms with Gasteiger partial charge in [0.1, 0.15) is 6.54 Å². The van der Waals surface area contributed by atoms with E-state index in [0.29, 0.717) is 24.3 Å². The van der Waals surface area contributed by atoms with Crippen molar-refractivity contribution < 1.29 is 9.21 Å². The highest BCUT2D eigenvalue weighted by molar-refractivity contribution is 9.10. The quantitative estimate of drug-likeness (QED) is 0.797. The number of fused-ring (bicyclic) bond motifs is 1. The molecule has 2 rings (SSSR count). The SMILES string of the molecule is CCCN(CCC)C(=O)Cn1c(=O)oc2cc(Br)cnc21. The maximum absolute atomic E-state index is 12.3. The summed E-state index contributed by atoms with van der Waals surface area (Å²) in [5.74, 6) is -0.648. The largest absolute Gasteiger partial charge is 0.421 e. The van der Waals surface area contributed by atoms with E-state index >= 15 is 0 Å². The van der Waals surface area contributed by atoms with Gasteiger partial charge in [-0.05, 0) is 28.8 Å². The van der Waals surface area contributed by atoms with E-state index in [9.17, 15) is 9.59 Å². The Bertz CT molecular complexity index is 686. The van der Waals surface area contributed by atoms with Crippen molar-refractivity contribution in [2.45, 2.75) is 33.2 Å². The van der Waals surface area contributed by atoms with Crippen LogP contribution in [0.15, 0.2) is 25.9 Å². The first-order chi connectivity index (χ1) is 10.1. The predicted octanol–water partition coefficient (Wildman–Crippen LogP) is 2.40. The normalized spacial score (nSPS) is 11.0. The number of nitrogens with zero attached hydrogens (tertiary/aromatic N) is 3. The number of carbonyl (C=O) groups excluding carboxylic acids is 1. The highest BCUT2D eigenvalue weighted by Crippen LogP contribution is 2.16. The van der Waals surface area contributed by atoms with Gasteiger partial charge in [0.05, 0.1) is 0 Å². The number of amides is 1. The van der Waals surface area contributed by atoms with E-state index in [2.05, 4.69) is 20.9 Å². The van der Waals surface area contributed by atoms with Gasteiger partial charge in [0.15, 0.2) is 11.2 Å². The monoisotopic (exact) mass is 355 g/mol. The minimum Gasteiger partial charge on any atom is -0.406 e.